The van der Waals surface area contributed by atoms with Crippen LogP contribution in [0, 0.1) is 0 Å². The van der Waals surface area contributed by atoms with Gasteiger partial charge >= 0.3 is 0 Å². The van der Waals surface area contributed by atoms with Gasteiger partial charge in [0.15, 0.2) is 18.5 Å². The van der Waals surface area contributed by atoms with Crippen LogP contribution in [0.25, 0.3) is 0 Å². The molecule has 3 nitrogen and oxygen atoms in total. The molecule has 0 saturated heterocycles. The van der Waals surface area contributed by atoms with Crippen LogP contribution >= 0.6 is 0 Å². The highest BCUT2D eigenvalue weighted by Gasteiger charge is 2.03. The fourth-order valence-corrected chi connectivity index (χ4v) is 1.57. The first-order valence-corrected chi connectivity index (χ1v) is 5.24. The van der Waals surface area contributed by atoms with Crippen molar-refractivity contribution in [3.05, 3.63) is 60.4 Å². The molecule has 0 radical (unpaired) electrons. The lowest BCUT2D eigenvalue weighted by Gasteiger charge is -2.01. The van der Waals surface area contributed by atoms with Crippen molar-refractivity contribution in [1.82, 2.24) is 0 Å². The van der Waals surface area contributed by atoms with Crippen LogP contribution in [0.1, 0.15) is 5.56 Å². The van der Waals surface area contributed by atoms with Crippen molar-refractivity contribution in [2.75, 3.05) is 6.73 Å². The summed E-state index contributed by atoms with van der Waals surface area (Å²) in [5.41, 5.74) is 6.59. The molecule has 82 valence electrons. The van der Waals surface area contributed by atoms with Crippen LogP contribution in [0.4, 0.5) is 0 Å². The second kappa shape index (κ2) is 5.28. The predicted molar refractivity (Wildman–Crippen MR) is 61.9 cm³/mol. The van der Waals surface area contributed by atoms with Crippen LogP contribution in [0.2, 0.25) is 0 Å². The summed E-state index contributed by atoms with van der Waals surface area (Å²) in [5, 5.41) is 0. The molecule has 0 amide bonds. The molecule has 16 heavy (non-hydrogen) atoms. The monoisotopic (exact) mass is 215 g/mol. The number of hydrogen-bond acceptors (Lipinski definition) is 2. The molecule has 2 aromatic rings. The van der Waals surface area contributed by atoms with Gasteiger partial charge in [0.25, 0.3) is 0 Å². The van der Waals surface area contributed by atoms with Crippen LogP contribution in [-0.2, 0) is 6.54 Å². The van der Waals surface area contributed by atoms with Gasteiger partial charge < -0.3 is 4.74 Å². The Morgan fingerprint density at radius 3 is 2.62 bits per heavy atom. The summed E-state index contributed by atoms with van der Waals surface area (Å²) >= 11 is 0. The Morgan fingerprint density at radius 2 is 1.88 bits per heavy atom. The third kappa shape index (κ3) is 2.81. The van der Waals surface area contributed by atoms with Gasteiger partial charge in [0.05, 0.1) is 0 Å². The highest BCUT2D eigenvalue weighted by molar-refractivity contribution is 5.15. The van der Waals surface area contributed by atoms with Crippen molar-refractivity contribution in [2.24, 2.45) is 5.73 Å². The highest BCUT2D eigenvalue weighted by atomic mass is 16.5. The Labute approximate surface area is 95.1 Å². The minimum Gasteiger partial charge on any atom is -0.472 e. The lowest BCUT2D eigenvalue weighted by atomic mass is 10.2. The van der Waals surface area contributed by atoms with Gasteiger partial charge in [0.1, 0.15) is 6.73 Å². The number of ether oxygens (including phenoxy) is 1. The fraction of sp³-hybridized carbons (Fsp3) is 0.154. The van der Waals surface area contributed by atoms with Crippen molar-refractivity contribution in [2.45, 2.75) is 6.54 Å². The molecule has 0 spiro atoms. The molecule has 1 aromatic heterocycles. The lowest BCUT2D eigenvalue weighted by molar-refractivity contribution is -0.688. The Balaban J connectivity index is 2.12. The summed E-state index contributed by atoms with van der Waals surface area (Å²) in [6, 6.07) is 14.1. The van der Waals surface area contributed by atoms with Crippen molar-refractivity contribution >= 4 is 0 Å². The van der Waals surface area contributed by atoms with E-state index < -0.39 is 0 Å². The summed E-state index contributed by atoms with van der Waals surface area (Å²) in [6.45, 7) is 1.04. The first kappa shape index (κ1) is 10.6. The van der Waals surface area contributed by atoms with Crippen LogP contribution in [0.3, 0.4) is 0 Å². The van der Waals surface area contributed by atoms with E-state index in [9.17, 15) is 0 Å². The standard InChI is InChI=1S/C13H15N2O/c14-11-16-13-7-4-8-15(10-13)9-12-5-2-1-3-6-12/h1-8,10H,9,11,14H2/q+1. The topological polar surface area (TPSA) is 39.1 Å². The van der Waals surface area contributed by atoms with E-state index in [-0.39, 0.29) is 6.73 Å². The van der Waals surface area contributed by atoms with E-state index in [0.29, 0.717) is 0 Å². The zero-order valence-electron chi connectivity index (χ0n) is 9.04. The Kier molecular flexibility index (Phi) is 3.51. The average Bonchev–Trinajstić information content (AvgIpc) is 2.31. The molecule has 1 heterocycles. The molecule has 0 atom stereocenters. The maximum atomic E-state index is 5.33. The molecule has 2 rings (SSSR count). The molecular formula is C13H15N2O+. The first-order chi connectivity index (χ1) is 7.88. The Hall–Kier alpha value is -1.87. The van der Waals surface area contributed by atoms with E-state index in [1.807, 2.05) is 42.7 Å². The quantitative estimate of drug-likeness (QED) is 0.617. The highest BCUT2D eigenvalue weighted by Crippen LogP contribution is 2.05. The van der Waals surface area contributed by atoms with Gasteiger partial charge in [-0.15, -0.1) is 0 Å². The third-order valence-electron chi connectivity index (χ3n) is 2.29. The van der Waals surface area contributed by atoms with Gasteiger partial charge in [0, 0.05) is 11.6 Å². The van der Waals surface area contributed by atoms with Crippen LogP contribution in [0.5, 0.6) is 5.75 Å². The molecule has 1 aromatic carbocycles. The number of hydrogen-bond donors (Lipinski definition) is 1. The van der Waals surface area contributed by atoms with Crippen LogP contribution in [-0.4, -0.2) is 6.73 Å². The number of pyridine rings is 1. The van der Waals surface area contributed by atoms with Crippen molar-refractivity contribution in [3.8, 4) is 5.75 Å². The lowest BCUT2D eigenvalue weighted by Crippen LogP contribution is -2.33. The van der Waals surface area contributed by atoms with Crippen LogP contribution < -0.4 is 15.0 Å². The van der Waals surface area contributed by atoms with E-state index in [2.05, 4.69) is 16.7 Å². The van der Waals surface area contributed by atoms with E-state index >= 15 is 0 Å². The van der Waals surface area contributed by atoms with Gasteiger partial charge in [0.2, 0.25) is 6.20 Å². The van der Waals surface area contributed by atoms with Crippen molar-refractivity contribution < 1.29 is 9.30 Å². The second-order valence-electron chi connectivity index (χ2n) is 3.51. The first-order valence-electron chi connectivity index (χ1n) is 5.24. The molecule has 2 N–H and O–H groups in total. The average molecular weight is 215 g/mol. The van der Waals surface area contributed by atoms with E-state index in [4.69, 9.17) is 10.5 Å². The zero-order valence-corrected chi connectivity index (χ0v) is 9.04. The smallest absolute Gasteiger partial charge is 0.211 e. The van der Waals surface area contributed by atoms with E-state index in [1.54, 1.807) is 0 Å². The summed E-state index contributed by atoms with van der Waals surface area (Å²) in [4.78, 5) is 0. The number of nitrogens with two attached hydrogens (primary N) is 1. The molecule has 0 unspecified atom stereocenters. The third-order valence-corrected chi connectivity index (χ3v) is 2.29. The maximum absolute atomic E-state index is 5.33. The molecule has 0 aliphatic heterocycles. The Morgan fingerprint density at radius 1 is 1.06 bits per heavy atom. The SMILES string of the molecule is NCOc1ccc[n+](Cc2ccccc2)c1. The summed E-state index contributed by atoms with van der Waals surface area (Å²) in [5.74, 6) is 0.793. The molecular weight excluding hydrogens is 200 g/mol. The second-order valence-corrected chi connectivity index (χ2v) is 3.51. The minimum atomic E-state index is 0.204. The maximum Gasteiger partial charge on any atom is 0.211 e. The molecule has 0 fully saturated rings. The normalized spacial score (nSPS) is 10.1. The van der Waals surface area contributed by atoms with Crippen molar-refractivity contribution in [3.63, 3.8) is 0 Å². The van der Waals surface area contributed by atoms with Gasteiger partial charge in [-0.25, -0.2) is 0 Å². The summed E-state index contributed by atoms with van der Waals surface area (Å²) < 4.78 is 7.31. The number of aromatic nitrogens is 1. The van der Waals surface area contributed by atoms with Gasteiger partial charge in [-0.05, 0) is 6.07 Å². The molecule has 0 bridgehead atoms. The van der Waals surface area contributed by atoms with Crippen molar-refractivity contribution in [1.29, 1.82) is 0 Å². The van der Waals surface area contributed by atoms with Gasteiger partial charge in [-0.2, -0.15) is 4.57 Å². The van der Waals surface area contributed by atoms with Gasteiger partial charge in [-0.3, -0.25) is 5.73 Å². The molecule has 0 aliphatic rings. The van der Waals surface area contributed by atoms with Gasteiger partial charge in [-0.1, -0.05) is 30.3 Å². The molecule has 0 saturated carbocycles. The summed E-state index contributed by atoms with van der Waals surface area (Å²) in [6.07, 6.45) is 3.95. The zero-order chi connectivity index (χ0) is 11.2. The molecule has 3 heteroatoms. The number of rotatable bonds is 4. The minimum absolute atomic E-state index is 0.204. The number of benzene rings is 1. The van der Waals surface area contributed by atoms with E-state index in [1.165, 1.54) is 5.56 Å². The van der Waals surface area contributed by atoms with Crippen LogP contribution in [0.15, 0.2) is 54.9 Å². The largest absolute Gasteiger partial charge is 0.472 e. The predicted octanol–water partition coefficient (Wildman–Crippen LogP) is 1.32. The van der Waals surface area contributed by atoms with E-state index in [0.717, 1.165) is 12.3 Å². The fourth-order valence-electron chi connectivity index (χ4n) is 1.57. The summed E-state index contributed by atoms with van der Waals surface area (Å²) in [7, 11) is 0. The molecule has 0 aliphatic carbocycles. The Bertz CT molecular complexity index is 443. The number of nitrogens with zero attached hydrogens (tertiary/aromatic N) is 1.